The molecule has 0 aromatic carbocycles. The summed E-state index contributed by atoms with van der Waals surface area (Å²) in [5, 5.41) is 11.1. The summed E-state index contributed by atoms with van der Waals surface area (Å²) in [6, 6.07) is -0.419. The zero-order chi connectivity index (χ0) is 15.9. The van der Waals surface area contributed by atoms with Crippen molar-refractivity contribution in [2.24, 2.45) is 5.92 Å². The third-order valence-electron chi connectivity index (χ3n) is 3.94. The van der Waals surface area contributed by atoms with E-state index in [1.807, 2.05) is 0 Å². The predicted molar refractivity (Wildman–Crippen MR) is 81.4 cm³/mol. The Kier molecular flexibility index (Phi) is 6.50. The molecular weight excluding hydrogens is 308 g/mol. The first-order valence-electron chi connectivity index (χ1n) is 7.55. The molecule has 0 bridgehead atoms. The van der Waals surface area contributed by atoms with Crippen LogP contribution in [0, 0.1) is 5.92 Å². The lowest BCUT2D eigenvalue weighted by Crippen LogP contribution is -2.49. The first-order chi connectivity index (χ1) is 10.6. The third kappa shape index (κ3) is 4.61. The van der Waals surface area contributed by atoms with Crippen molar-refractivity contribution in [3.05, 3.63) is 0 Å². The maximum Gasteiger partial charge on any atom is 0.329 e. The van der Waals surface area contributed by atoms with Crippen LogP contribution in [0.5, 0.6) is 0 Å². The summed E-state index contributed by atoms with van der Waals surface area (Å²) in [6.45, 7) is 0.0225. The molecule has 1 unspecified atom stereocenters. The molecule has 8 heteroatoms. The molecule has 2 aliphatic rings. The minimum Gasteiger partial charge on any atom is -0.480 e. The molecule has 0 spiro atoms. The van der Waals surface area contributed by atoms with E-state index in [4.69, 9.17) is 9.84 Å². The second-order valence-electron chi connectivity index (χ2n) is 5.54. The van der Waals surface area contributed by atoms with Crippen LogP contribution < -0.4 is 5.32 Å². The predicted octanol–water partition coefficient (Wildman–Crippen LogP) is 0.296. The van der Waals surface area contributed by atoms with Gasteiger partial charge in [0, 0.05) is 18.2 Å². The van der Waals surface area contributed by atoms with Crippen molar-refractivity contribution in [2.75, 3.05) is 31.4 Å². The second kappa shape index (κ2) is 8.38. The third-order valence-corrected chi connectivity index (χ3v) is 4.96. The Hall–Kier alpha value is -1.28. The van der Waals surface area contributed by atoms with E-state index < -0.39 is 12.0 Å². The van der Waals surface area contributed by atoms with E-state index in [9.17, 15) is 14.4 Å². The molecule has 22 heavy (non-hydrogen) atoms. The Morgan fingerprint density at radius 3 is 2.68 bits per heavy atom. The Morgan fingerprint density at radius 1 is 1.27 bits per heavy atom. The van der Waals surface area contributed by atoms with E-state index in [-0.39, 0.29) is 37.5 Å². The van der Waals surface area contributed by atoms with Crippen LogP contribution >= 0.6 is 11.8 Å². The van der Waals surface area contributed by atoms with Crippen LogP contribution in [0.2, 0.25) is 0 Å². The quantitative estimate of drug-likeness (QED) is 0.652. The zero-order valence-electron chi connectivity index (χ0n) is 12.5. The smallest absolute Gasteiger partial charge is 0.329 e. The molecule has 2 fully saturated rings. The van der Waals surface area contributed by atoms with Gasteiger partial charge in [-0.05, 0) is 12.8 Å². The summed E-state index contributed by atoms with van der Waals surface area (Å²) < 4.78 is 4.86. The van der Waals surface area contributed by atoms with E-state index in [2.05, 4.69) is 5.32 Å². The number of ether oxygens (including phenoxy) is 1. The minimum atomic E-state index is -1.04. The van der Waals surface area contributed by atoms with Crippen molar-refractivity contribution in [1.29, 1.82) is 0 Å². The molecule has 2 N–H and O–H groups in total. The molecule has 1 aliphatic heterocycles. The van der Waals surface area contributed by atoms with Crippen molar-refractivity contribution in [2.45, 2.75) is 31.7 Å². The Labute approximate surface area is 133 Å². The van der Waals surface area contributed by atoms with Crippen LogP contribution in [0.4, 0.5) is 0 Å². The van der Waals surface area contributed by atoms with Gasteiger partial charge in [0.25, 0.3) is 0 Å². The molecule has 1 saturated heterocycles. The van der Waals surface area contributed by atoms with Crippen molar-refractivity contribution >= 4 is 29.5 Å². The average molecular weight is 330 g/mol. The van der Waals surface area contributed by atoms with Crippen molar-refractivity contribution in [1.82, 2.24) is 10.2 Å². The summed E-state index contributed by atoms with van der Waals surface area (Å²) in [4.78, 5) is 36.6. The number of hydrogen-bond acceptors (Lipinski definition) is 5. The number of hydrogen-bond donors (Lipinski definition) is 2. The SMILES string of the molecule is O=C(O)COCCNC(=O)C1CSCN1C(=O)C1CCCC1. The standard InChI is InChI=1S/C14H22N2O5S/c17-12(18)7-21-6-5-15-13(19)11-8-22-9-16(11)14(20)10-3-1-2-4-10/h10-11H,1-9H2,(H,15,19)(H,17,18). The highest BCUT2D eigenvalue weighted by atomic mass is 32.2. The Balaban J connectivity index is 1.75. The van der Waals surface area contributed by atoms with Gasteiger partial charge in [-0.3, -0.25) is 9.59 Å². The monoisotopic (exact) mass is 330 g/mol. The maximum absolute atomic E-state index is 12.5. The molecule has 0 aromatic heterocycles. The summed E-state index contributed by atoms with van der Waals surface area (Å²) >= 11 is 1.59. The fourth-order valence-corrected chi connectivity index (χ4v) is 3.97. The molecular formula is C14H22N2O5S. The lowest BCUT2D eigenvalue weighted by atomic mass is 10.1. The number of nitrogens with one attached hydrogen (secondary N) is 1. The largest absolute Gasteiger partial charge is 0.480 e. The highest BCUT2D eigenvalue weighted by molar-refractivity contribution is 7.99. The van der Waals surface area contributed by atoms with Gasteiger partial charge in [-0.15, -0.1) is 11.8 Å². The molecule has 1 heterocycles. The van der Waals surface area contributed by atoms with Gasteiger partial charge in [-0.2, -0.15) is 0 Å². The van der Waals surface area contributed by atoms with Crippen LogP contribution in [0.15, 0.2) is 0 Å². The summed E-state index contributed by atoms with van der Waals surface area (Å²) in [5.41, 5.74) is 0. The van der Waals surface area contributed by atoms with E-state index in [1.54, 1.807) is 16.7 Å². The van der Waals surface area contributed by atoms with Crippen LogP contribution in [-0.2, 0) is 19.1 Å². The van der Waals surface area contributed by atoms with Crippen LogP contribution in [0.3, 0.4) is 0 Å². The van der Waals surface area contributed by atoms with Gasteiger partial charge in [-0.25, -0.2) is 4.79 Å². The van der Waals surface area contributed by atoms with Crippen molar-refractivity contribution < 1.29 is 24.2 Å². The number of carboxylic acid groups (broad SMARTS) is 1. The summed E-state index contributed by atoms with van der Waals surface area (Å²) in [7, 11) is 0. The lowest BCUT2D eigenvalue weighted by molar-refractivity contribution is -0.142. The maximum atomic E-state index is 12.5. The second-order valence-corrected chi connectivity index (χ2v) is 6.54. The number of carbonyl (C=O) groups excluding carboxylic acids is 2. The molecule has 124 valence electrons. The topological polar surface area (TPSA) is 95.9 Å². The van der Waals surface area contributed by atoms with Gasteiger partial charge in [-0.1, -0.05) is 12.8 Å². The molecule has 7 nitrogen and oxygen atoms in total. The van der Waals surface area contributed by atoms with Crippen LogP contribution in [0.25, 0.3) is 0 Å². The van der Waals surface area contributed by atoms with Crippen LogP contribution in [-0.4, -0.2) is 65.2 Å². The number of amides is 2. The zero-order valence-corrected chi connectivity index (χ0v) is 13.3. The fourth-order valence-electron chi connectivity index (χ4n) is 2.81. The highest BCUT2D eigenvalue weighted by Crippen LogP contribution is 2.30. The van der Waals surface area contributed by atoms with Gasteiger partial charge in [0.1, 0.15) is 12.6 Å². The molecule has 1 atom stereocenters. The number of nitrogens with zero attached hydrogens (tertiary/aromatic N) is 1. The fraction of sp³-hybridized carbons (Fsp3) is 0.786. The lowest BCUT2D eigenvalue weighted by Gasteiger charge is -2.25. The molecule has 1 aliphatic carbocycles. The number of carbonyl (C=O) groups is 3. The Bertz CT molecular complexity index is 425. The first kappa shape index (κ1) is 17.1. The molecule has 1 saturated carbocycles. The highest BCUT2D eigenvalue weighted by Gasteiger charge is 2.38. The molecule has 2 amide bonds. The van der Waals surface area contributed by atoms with Gasteiger partial charge < -0.3 is 20.1 Å². The van der Waals surface area contributed by atoms with E-state index >= 15 is 0 Å². The van der Waals surface area contributed by atoms with Crippen molar-refractivity contribution in [3.63, 3.8) is 0 Å². The van der Waals surface area contributed by atoms with Gasteiger partial charge in [0.2, 0.25) is 11.8 Å². The number of aliphatic carboxylic acids is 1. The summed E-state index contributed by atoms with van der Waals surface area (Å²) in [6.07, 6.45) is 4.04. The molecule has 0 radical (unpaired) electrons. The molecule has 2 rings (SSSR count). The first-order valence-corrected chi connectivity index (χ1v) is 8.70. The van der Waals surface area contributed by atoms with E-state index in [1.165, 1.54) is 0 Å². The molecule has 0 aromatic rings. The minimum absolute atomic E-state index is 0.0768. The van der Waals surface area contributed by atoms with E-state index in [0.29, 0.717) is 11.6 Å². The van der Waals surface area contributed by atoms with Gasteiger partial charge >= 0.3 is 5.97 Å². The number of thioether (sulfide) groups is 1. The van der Waals surface area contributed by atoms with Crippen molar-refractivity contribution in [3.8, 4) is 0 Å². The summed E-state index contributed by atoms with van der Waals surface area (Å²) in [5.74, 6) is 0.142. The normalized spacial score (nSPS) is 22.0. The average Bonchev–Trinajstić information content (AvgIpc) is 3.17. The van der Waals surface area contributed by atoms with Gasteiger partial charge in [0.05, 0.1) is 12.5 Å². The van der Waals surface area contributed by atoms with Gasteiger partial charge in [0.15, 0.2) is 0 Å². The number of carboxylic acids is 1. The van der Waals surface area contributed by atoms with E-state index in [0.717, 1.165) is 25.7 Å². The number of rotatable bonds is 7. The Morgan fingerprint density at radius 2 is 2.00 bits per heavy atom. The van der Waals surface area contributed by atoms with Crippen LogP contribution in [0.1, 0.15) is 25.7 Å².